The third-order valence-electron chi connectivity index (χ3n) is 15.2. The van der Waals surface area contributed by atoms with E-state index in [-0.39, 0.29) is 68.9 Å². The Balaban J connectivity index is 0.000000173. The predicted molar refractivity (Wildman–Crippen MR) is 347 cm³/mol. The fourth-order valence-corrected chi connectivity index (χ4v) is 15.1. The first-order valence-corrected chi connectivity index (χ1v) is 32.0. The van der Waals surface area contributed by atoms with E-state index in [1.54, 1.807) is 0 Å². The summed E-state index contributed by atoms with van der Waals surface area (Å²) in [7, 11) is -2.10. The smallest absolute Gasteiger partial charge is 0.510 e. The number of aliphatic imine (C=N–C) groups is 4. The summed E-state index contributed by atoms with van der Waals surface area (Å²) in [4.78, 5) is 18.6. The van der Waals surface area contributed by atoms with Gasteiger partial charge in [0, 0.05) is 0 Å². The van der Waals surface area contributed by atoms with Crippen molar-refractivity contribution in [2.24, 2.45) is 43.6 Å². The minimum absolute atomic E-state index is 0. The van der Waals surface area contributed by atoms with Crippen LogP contribution in [0.15, 0.2) is 226 Å². The van der Waals surface area contributed by atoms with Crippen LogP contribution in [0.2, 0.25) is 0 Å². The fraction of sp³-hybridized carbons (Fsp3) is 0.278. The van der Waals surface area contributed by atoms with Crippen molar-refractivity contribution in [2.75, 3.05) is 26.4 Å². The molecule has 12 rings (SSSR count). The zero-order valence-electron chi connectivity index (χ0n) is 49.1. The number of hydrogen-bond donors (Lipinski definition) is 0. The maximum atomic E-state index is 5.73. The van der Waals surface area contributed by atoms with Crippen molar-refractivity contribution >= 4 is 71.3 Å². The zero-order valence-corrected chi connectivity index (χ0v) is 55.4. The Kier molecular flexibility index (Phi) is 23.5. The first-order valence-electron chi connectivity index (χ1n) is 29.0. The molecule has 0 saturated heterocycles. The molecule has 8 aromatic carbocycles. The second-order valence-electron chi connectivity index (χ2n) is 22.6. The molecule has 4 heterocycles. The monoisotopic (exact) mass is 1520 g/mol. The Morgan fingerprint density at radius 1 is 0.298 bits per heavy atom. The van der Waals surface area contributed by atoms with Gasteiger partial charge in [0.25, 0.3) is 0 Å². The largest absolute Gasteiger partial charge is 1.00 e. The number of ether oxygens (including phenoxy) is 4. The standard InChI is InChI=1S/C36H28P2.2C18H23N2O2.2Au/c1-5-13-31(14-6-1)37(32-15-7-2-8-16-32)35-25-21-29(22-26-35)30-23-27-36(28-24-30)38(33-17-9-3-10-18-33)34-19-11-4-12-20-34;2*1-11(2)15-9-21-17(19-15)13-6-5-7-14(8-13)18-20-16(10-22-18)12(3)4;;/h1-28H;2*5-7,11-12,15-16H,9-10H2,1-4H3;;/q;2*-1;2*+1/p+2/t;2*15-,16-;;/m.11../s1. The molecule has 12 heteroatoms. The van der Waals surface area contributed by atoms with Crippen LogP contribution in [0.3, 0.4) is 0 Å². The Bertz CT molecular complexity index is 3060. The van der Waals surface area contributed by atoms with E-state index in [1.807, 2.05) is 36.4 Å². The molecule has 0 N–H and O–H groups in total. The van der Waals surface area contributed by atoms with Crippen LogP contribution >= 0.6 is 15.8 Å². The second kappa shape index (κ2) is 30.9. The Labute approximate surface area is 532 Å². The molecular formula is C72H76Au2N4O4P2+2. The molecule has 0 unspecified atom stereocenters. The van der Waals surface area contributed by atoms with Crippen LogP contribution < -0.4 is 31.8 Å². The molecule has 0 radical (unpaired) electrons. The van der Waals surface area contributed by atoms with Gasteiger partial charge < -0.3 is 18.9 Å². The summed E-state index contributed by atoms with van der Waals surface area (Å²) >= 11 is 0. The molecule has 0 saturated carbocycles. The van der Waals surface area contributed by atoms with Crippen molar-refractivity contribution in [1.82, 2.24) is 0 Å². The fourth-order valence-electron chi connectivity index (χ4n) is 10.0. The van der Waals surface area contributed by atoms with E-state index in [4.69, 9.17) is 18.9 Å². The maximum Gasteiger partial charge on any atom is 1.00 e. The third-order valence-corrected chi connectivity index (χ3v) is 20.7. The number of benzene rings is 8. The molecule has 4 atom stereocenters. The average Bonchev–Trinajstić information content (AvgIpc) is 4.52. The van der Waals surface area contributed by atoms with Crippen molar-refractivity contribution in [1.29, 1.82) is 0 Å². The van der Waals surface area contributed by atoms with Gasteiger partial charge in [-0.05, 0) is 108 Å². The second-order valence-corrected chi connectivity index (χ2v) is 27.5. The number of rotatable bonds is 15. The molecule has 84 heavy (non-hydrogen) atoms. The minimum atomic E-state index is -1.05. The van der Waals surface area contributed by atoms with Gasteiger partial charge in [0.1, 0.15) is 81.8 Å². The maximum absolute atomic E-state index is 5.73. The normalized spacial score (nSPS) is 17.7. The quantitative estimate of drug-likeness (QED) is 0.0581. The van der Waals surface area contributed by atoms with E-state index >= 15 is 0 Å². The SMILES string of the molecule is CC(C)[C@H]1COC(c2[c-]c(C3=N[C@@H](C(C)C)CO3)ccc2)=N1.CC(C)[C@H]1COC(c2[c-]c(C3=N[C@@H](C(C)C)CO3)ccc2)=N1.[Au+].[Au+].c1ccc([PH+](c2ccccc2)c2ccc(-c3ccc([PH+](c4ccccc4)c4ccccc4)cc3)cc2)cc1. The van der Waals surface area contributed by atoms with E-state index in [0.29, 0.717) is 73.7 Å². The van der Waals surface area contributed by atoms with Gasteiger partial charge >= 0.3 is 44.8 Å². The molecule has 0 aromatic heterocycles. The van der Waals surface area contributed by atoms with Crippen LogP contribution in [0.1, 0.15) is 77.6 Å². The first kappa shape index (κ1) is 64.0. The van der Waals surface area contributed by atoms with Crippen LogP contribution in [-0.4, -0.2) is 74.2 Å². The minimum Gasteiger partial charge on any atom is -0.510 e. The van der Waals surface area contributed by atoms with Crippen molar-refractivity contribution in [3.63, 3.8) is 0 Å². The van der Waals surface area contributed by atoms with Crippen LogP contribution in [0.25, 0.3) is 11.1 Å². The van der Waals surface area contributed by atoms with Crippen molar-refractivity contribution < 1.29 is 63.7 Å². The molecule has 4 aliphatic rings. The number of hydrogen-bond acceptors (Lipinski definition) is 8. The summed E-state index contributed by atoms with van der Waals surface area (Å²) in [5, 5.41) is 8.47. The average molecular weight is 1520 g/mol. The topological polar surface area (TPSA) is 86.4 Å². The first-order chi connectivity index (χ1) is 39.9. The third kappa shape index (κ3) is 16.3. The summed E-state index contributed by atoms with van der Waals surface area (Å²) in [6.45, 7) is 19.9. The molecular weight excluding hydrogens is 1440 g/mol. The molecule has 4 aliphatic heterocycles. The molecule has 0 spiro atoms. The van der Waals surface area contributed by atoms with Crippen molar-refractivity contribution in [2.45, 2.75) is 79.6 Å². The molecule has 8 nitrogen and oxygen atoms in total. The van der Waals surface area contributed by atoms with E-state index in [2.05, 4.69) is 257 Å². The Hall–Kier alpha value is -6.02. The van der Waals surface area contributed by atoms with E-state index in [1.165, 1.54) is 43.0 Å². The van der Waals surface area contributed by atoms with E-state index in [0.717, 1.165) is 22.3 Å². The van der Waals surface area contributed by atoms with Gasteiger partial charge in [-0.1, -0.05) is 175 Å². The summed E-state index contributed by atoms with van der Waals surface area (Å²) in [6, 6.07) is 81.7. The molecule has 0 aliphatic carbocycles. The molecule has 438 valence electrons. The van der Waals surface area contributed by atoms with E-state index in [9.17, 15) is 0 Å². The molecule has 0 amide bonds. The van der Waals surface area contributed by atoms with Gasteiger partial charge in [-0.25, -0.2) is 0 Å². The summed E-state index contributed by atoms with van der Waals surface area (Å²) < 4.78 is 22.9. The van der Waals surface area contributed by atoms with Crippen molar-refractivity contribution in [3.05, 3.63) is 241 Å². The number of nitrogens with zero attached hydrogens (tertiary/aromatic N) is 4. The van der Waals surface area contributed by atoms with Crippen LogP contribution in [0.4, 0.5) is 0 Å². The Morgan fingerprint density at radius 3 is 0.714 bits per heavy atom. The molecule has 0 bridgehead atoms. The summed E-state index contributed by atoms with van der Waals surface area (Å²) in [5.74, 6) is 4.65. The van der Waals surface area contributed by atoms with E-state index < -0.39 is 15.8 Å². The predicted octanol–water partition coefficient (Wildman–Crippen LogP) is 12.5. The van der Waals surface area contributed by atoms with Gasteiger partial charge in [0.2, 0.25) is 0 Å². The van der Waals surface area contributed by atoms with Gasteiger partial charge in [-0.2, -0.15) is 0 Å². The summed E-state index contributed by atoms with van der Waals surface area (Å²) in [6.07, 6.45) is 0. The van der Waals surface area contributed by atoms with Crippen LogP contribution in [0.5, 0.6) is 0 Å². The molecule has 0 fully saturated rings. The zero-order chi connectivity index (χ0) is 57.0. The summed E-state index contributed by atoms with van der Waals surface area (Å²) in [5.41, 5.74) is 6.02. The van der Waals surface area contributed by atoms with Gasteiger partial charge in [0.15, 0.2) is 0 Å². The van der Waals surface area contributed by atoms with Gasteiger partial charge in [0.05, 0.1) is 40.0 Å². The van der Waals surface area contributed by atoms with Gasteiger partial charge in [-0.3, -0.25) is 20.0 Å². The van der Waals surface area contributed by atoms with Gasteiger partial charge in [-0.15, -0.1) is 48.5 Å². The molecule has 8 aromatic rings. The Morgan fingerprint density at radius 2 is 0.512 bits per heavy atom. The van der Waals surface area contributed by atoms with Crippen molar-refractivity contribution in [3.8, 4) is 11.1 Å². The van der Waals surface area contributed by atoms with Crippen LogP contribution in [0, 0.1) is 35.8 Å². The van der Waals surface area contributed by atoms with Crippen LogP contribution in [-0.2, 0) is 63.7 Å².